The van der Waals surface area contributed by atoms with Crippen molar-refractivity contribution in [3.63, 3.8) is 0 Å². The third kappa shape index (κ3) is 1.56. The first-order chi connectivity index (χ1) is 8.25. The van der Waals surface area contributed by atoms with Crippen LogP contribution in [-0.2, 0) is 4.79 Å². The molecule has 0 aromatic rings. The number of nitrogens with one attached hydrogen (secondary N) is 1. The lowest BCUT2D eigenvalue weighted by Gasteiger charge is -2.24. The third-order valence-corrected chi connectivity index (χ3v) is 2.95. The van der Waals surface area contributed by atoms with Gasteiger partial charge >= 0.3 is 0 Å². The molecule has 17 heavy (non-hydrogen) atoms. The second kappa shape index (κ2) is 3.62. The molecule has 5 heteroatoms. The fourth-order valence-electron chi connectivity index (χ4n) is 2.12. The van der Waals surface area contributed by atoms with Gasteiger partial charge in [-0.1, -0.05) is 12.2 Å². The van der Waals surface area contributed by atoms with Gasteiger partial charge in [-0.3, -0.25) is 9.79 Å². The molecular weight excluding hydrogens is 216 g/mol. The van der Waals surface area contributed by atoms with Gasteiger partial charge in [0.15, 0.2) is 0 Å². The van der Waals surface area contributed by atoms with Gasteiger partial charge in [0, 0.05) is 30.7 Å². The molecule has 0 spiro atoms. The van der Waals surface area contributed by atoms with Gasteiger partial charge in [0.1, 0.15) is 11.9 Å². The number of carbonyl (C=O) groups excluding carboxylic acids is 1. The highest BCUT2D eigenvalue weighted by Crippen LogP contribution is 2.34. The Balaban J connectivity index is 1.94. The Hall–Kier alpha value is -2.30. The van der Waals surface area contributed by atoms with Crippen LogP contribution in [0.15, 0.2) is 52.7 Å². The SMILES string of the molecule is NC(=O)C1C=CC2=C(N1)N1C=CC=NC=C1C2. The molecule has 0 radical (unpaired) electrons. The fourth-order valence-corrected chi connectivity index (χ4v) is 2.12. The zero-order chi connectivity index (χ0) is 11.8. The van der Waals surface area contributed by atoms with E-state index in [9.17, 15) is 4.79 Å². The Morgan fingerprint density at radius 1 is 1.59 bits per heavy atom. The van der Waals surface area contributed by atoms with Crippen molar-refractivity contribution in [3.05, 3.63) is 47.7 Å². The standard InChI is InChI=1S/C12H12N4O/c13-11(17)10-3-2-8-6-9-7-14-4-1-5-16(9)12(8)15-10/h1-5,7,10,15H,6H2,(H2,13,17). The van der Waals surface area contributed by atoms with E-state index >= 15 is 0 Å². The zero-order valence-corrected chi connectivity index (χ0v) is 9.13. The first-order valence-corrected chi connectivity index (χ1v) is 5.41. The third-order valence-electron chi connectivity index (χ3n) is 2.95. The summed E-state index contributed by atoms with van der Waals surface area (Å²) in [5, 5.41) is 3.14. The van der Waals surface area contributed by atoms with Crippen LogP contribution in [-0.4, -0.2) is 23.1 Å². The van der Waals surface area contributed by atoms with Crippen LogP contribution in [0.5, 0.6) is 0 Å². The first-order valence-electron chi connectivity index (χ1n) is 5.41. The predicted molar refractivity (Wildman–Crippen MR) is 64.5 cm³/mol. The number of allylic oxidation sites excluding steroid dienone is 3. The Kier molecular flexibility index (Phi) is 2.11. The quantitative estimate of drug-likeness (QED) is 0.680. The Bertz CT molecular complexity index is 525. The van der Waals surface area contributed by atoms with E-state index in [0.717, 1.165) is 23.5 Å². The van der Waals surface area contributed by atoms with Crippen molar-refractivity contribution in [2.24, 2.45) is 10.7 Å². The van der Waals surface area contributed by atoms with Gasteiger partial charge in [0.2, 0.25) is 5.91 Å². The Labute approximate surface area is 98.7 Å². The lowest BCUT2D eigenvalue weighted by molar-refractivity contribution is -0.118. The van der Waals surface area contributed by atoms with Crippen LogP contribution in [0, 0.1) is 0 Å². The smallest absolute Gasteiger partial charge is 0.244 e. The molecule has 0 aromatic carbocycles. The molecule has 0 fully saturated rings. The van der Waals surface area contributed by atoms with Crippen LogP contribution in [0.1, 0.15) is 6.42 Å². The van der Waals surface area contributed by atoms with Crippen LogP contribution >= 0.6 is 0 Å². The van der Waals surface area contributed by atoms with Crippen molar-refractivity contribution >= 4 is 12.1 Å². The number of rotatable bonds is 1. The summed E-state index contributed by atoms with van der Waals surface area (Å²) in [5.74, 6) is 0.546. The highest BCUT2D eigenvalue weighted by molar-refractivity contribution is 5.83. The minimum absolute atomic E-state index is 0.375. The maximum atomic E-state index is 11.2. The van der Waals surface area contributed by atoms with Gasteiger partial charge in [-0.25, -0.2) is 0 Å². The molecule has 86 valence electrons. The van der Waals surface area contributed by atoms with Crippen LogP contribution in [0.2, 0.25) is 0 Å². The van der Waals surface area contributed by atoms with Crippen LogP contribution < -0.4 is 11.1 Å². The Morgan fingerprint density at radius 2 is 2.47 bits per heavy atom. The van der Waals surface area contributed by atoms with E-state index in [1.54, 1.807) is 12.3 Å². The Morgan fingerprint density at radius 3 is 3.29 bits per heavy atom. The molecular formula is C12H12N4O. The summed E-state index contributed by atoms with van der Waals surface area (Å²) in [6.45, 7) is 0. The molecule has 1 amide bonds. The number of nitrogens with two attached hydrogens (primary N) is 1. The number of dihydropyridines is 1. The van der Waals surface area contributed by atoms with Gasteiger partial charge in [-0.2, -0.15) is 0 Å². The largest absolute Gasteiger partial charge is 0.368 e. The summed E-state index contributed by atoms with van der Waals surface area (Å²) >= 11 is 0. The van der Waals surface area contributed by atoms with E-state index in [1.165, 1.54) is 0 Å². The van der Waals surface area contributed by atoms with E-state index in [0.29, 0.717) is 0 Å². The number of fused-ring (bicyclic) bond motifs is 2. The summed E-state index contributed by atoms with van der Waals surface area (Å²) in [5.41, 5.74) is 7.53. The maximum Gasteiger partial charge on any atom is 0.244 e. The summed E-state index contributed by atoms with van der Waals surface area (Å²) in [6.07, 6.45) is 11.9. The lowest BCUT2D eigenvalue weighted by atomic mass is 10.1. The van der Waals surface area contributed by atoms with Gasteiger partial charge in [0.25, 0.3) is 0 Å². The molecule has 0 saturated heterocycles. The van der Waals surface area contributed by atoms with Gasteiger partial charge in [-0.05, 0) is 11.6 Å². The molecule has 3 aliphatic heterocycles. The highest BCUT2D eigenvalue weighted by Gasteiger charge is 2.30. The van der Waals surface area contributed by atoms with E-state index < -0.39 is 6.04 Å². The van der Waals surface area contributed by atoms with Crippen molar-refractivity contribution in [1.29, 1.82) is 0 Å². The molecule has 3 N–H and O–H groups in total. The number of aliphatic imine (C=N–C) groups is 1. The summed E-state index contributed by atoms with van der Waals surface area (Å²) in [4.78, 5) is 17.3. The first kappa shape index (κ1) is 9.89. The number of nitrogens with zero attached hydrogens (tertiary/aromatic N) is 2. The molecule has 1 atom stereocenters. The molecule has 3 heterocycles. The number of carbonyl (C=O) groups is 1. The monoisotopic (exact) mass is 228 g/mol. The van der Waals surface area contributed by atoms with E-state index in [-0.39, 0.29) is 5.91 Å². The highest BCUT2D eigenvalue weighted by atomic mass is 16.1. The summed E-state index contributed by atoms with van der Waals surface area (Å²) in [6, 6.07) is -0.439. The van der Waals surface area contributed by atoms with Gasteiger partial charge in [0.05, 0.1) is 0 Å². The van der Waals surface area contributed by atoms with Crippen molar-refractivity contribution in [2.45, 2.75) is 12.5 Å². The molecule has 5 nitrogen and oxygen atoms in total. The minimum atomic E-state index is -0.439. The van der Waals surface area contributed by atoms with E-state index in [4.69, 9.17) is 5.73 Å². The molecule has 0 aromatic heterocycles. The predicted octanol–water partition coefficient (Wildman–Crippen LogP) is 0.357. The number of hydrogen-bond donors (Lipinski definition) is 2. The number of hydrogen-bond acceptors (Lipinski definition) is 4. The van der Waals surface area contributed by atoms with Crippen LogP contribution in [0.4, 0.5) is 0 Å². The minimum Gasteiger partial charge on any atom is -0.368 e. The zero-order valence-electron chi connectivity index (χ0n) is 9.13. The van der Waals surface area contributed by atoms with Crippen molar-refractivity contribution in [2.75, 3.05) is 0 Å². The normalized spacial score (nSPS) is 25.1. The fraction of sp³-hybridized carbons (Fsp3) is 0.167. The molecule has 3 aliphatic rings. The molecule has 1 unspecified atom stereocenters. The topological polar surface area (TPSA) is 70.7 Å². The van der Waals surface area contributed by atoms with Gasteiger partial charge in [-0.15, -0.1) is 0 Å². The molecule has 0 saturated carbocycles. The summed E-state index contributed by atoms with van der Waals surface area (Å²) < 4.78 is 0. The van der Waals surface area contributed by atoms with Crippen LogP contribution in [0.3, 0.4) is 0 Å². The van der Waals surface area contributed by atoms with Crippen molar-refractivity contribution < 1.29 is 4.79 Å². The second-order valence-electron chi connectivity index (χ2n) is 4.06. The second-order valence-corrected chi connectivity index (χ2v) is 4.06. The molecule has 0 bridgehead atoms. The number of primary amides is 1. The average Bonchev–Trinajstić information content (AvgIpc) is 2.51. The summed E-state index contributed by atoms with van der Waals surface area (Å²) in [7, 11) is 0. The number of amides is 1. The average molecular weight is 228 g/mol. The van der Waals surface area contributed by atoms with Crippen molar-refractivity contribution in [1.82, 2.24) is 10.2 Å². The lowest BCUT2D eigenvalue weighted by Crippen LogP contribution is -2.43. The molecule has 0 aliphatic carbocycles. The van der Waals surface area contributed by atoms with Gasteiger partial charge < -0.3 is 16.0 Å². The molecule has 3 rings (SSSR count). The van der Waals surface area contributed by atoms with E-state index in [1.807, 2.05) is 29.5 Å². The van der Waals surface area contributed by atoms with Crippen molar-refractivity contribution in [3.8, 4) is 0 Å². The maximum absolute atomic E-state index is 11.2. The van der Waals surface area contributed by atoms with Crippen LogP contribution in [0.25, 0.3) is 0 Å². The van der Waals surface area contributed by atoms with E-state index in [2.05, 4.69) is 10.3 Å².